The van der Waals surface area contributed by atoms with E-state index in [-0.39, 0.29) is 44.4 Å². The number of hydrogen-bond acceptors (Lipinski definition) is 4. The van der Waals surface area contributed by atoms with Crippen molar-refractivity contribution < 1.29 is 14.7 Å². The lowest BCUT2D eigenvalue weighted by Crippen LogP contribution is -2.62. The van der Waals surface area contributed by atoms with Gasteiger partial charge in [0.2, 0.25) is 5.78 Å². The third-order valence-electron chi connectivity index (χ3n) is 11.7. The maximum atomic E-state index is 13.1. The lowest BCUT2D eigenvalue weighted by atomic mass is 9.34. The number of fused-ring (bicyclic) bond motifs is 7. The quantitative estimate of drug-likeness (QED) is 0.438. The van der Waals surface area contributed by atoms with E-state index in [4.69, 9.17) is 5.73 Å². The minimum absolute atomic E-state index is 0.0296. The Morgan fingerprint density at radius 3 is 2.40 bits per heavy atom. The summed E-state index contributed by atoms with van der Waals surface area (Å²) in [5.41, 5.74) is 9.47. The second-order valence-corrected chi connectivity index (χ2v) is 13.3. The van der Waals surface area contributed by atoms with Gasteiger partial charge in [0.25, 0.3) is 0 Å². The fraction of sp³-hybridized carbons (Fsp3) is 0.613. The molecule has 0 saturated heterocycles. The van der Waals surface area contributed by atoms with Crippen LogP contribution in [0.25, 0.3) is 0 Å². The number of aliphatic hydroxyl groups is 1. The molecule has 188 valence electrons. The Bertz CT molecular complexity index is 1180. The first-order chi connectivity index (χ1) is 16.3. The molecule has 0 bridgehead atoms. The van der Waals surface area contributed by atoms with Crippen LogP contribution in [0.4, 0.5) is 0 Å². The van der Waals surface area contributed by atoms with Crippen molar-refractivity contribution in [3.63, 3.8) is 0 Å². The third kappa shape index (κ3) is 2.98. The van der Waals surface area contributed by atoms with Gasteiger partial charge >= 0.3 is 0 Å². The molecule has 35 heavy (non-hydrogen) atoms. The molecule has 3 fully saturated rings. The number of allylic oxidation sites excluding steroid dienone is 8. The highest BCUT2D eigenvalue weighted by Crippen LogP contribution is 2.75. The van der Waals surface area contributed by atoms with Crippen LogP contribution in [-0.4, -0.2) is 16.7 Å². The molecule has 0 heterocycles. The fourth-order valence-electron chi connectivity index (χ4n) is 8.97. The molecule has 0 aliphatic heterocycles. The summed E-state index contributed by atoms with van der Waals surface area (Å²) in [5, 5.41) is 10.3. The molecule has 4 nitrogen and oxygen atoms in total. The molecule has 4 heteroatoms. The lowest BCUT2D eigenvalue weighted by Gasteiger charge is -2.70. The van der Waals surface area contributed by atoms with Crippen LogP contribution in [0, 0.1) is 33.0 Å². The van der Waals surface area contributed by atoms with Crippen molar-refractivity contribution in [2.75, 3.05) is 0 Å². The Morgan fingerprint density at radius 2 is 1.71 bits per heavy atom. The van der Waals surface area contributed by atoms with Crippen molar-refractivity contribution >= 4 is 11.6 Å². The fourth-order valence-corrected chi connectivity index (χ4v) is 8.97. The van der Waals surface area contributed by atoms with Crippen molar-refractivity contribution in [3.8, 4) is 0 Å². The van der Waals surface area contributed by atoms with Gasteiger partial charge < -0.3 is 10.8 Å². The van der Waals surface area contributed by atoms with Crippen molar-refractivity contribution in [2.45, 2.75) is 86.5 Å². The van der Waals surface area contributed by atoms with E-state index >= 15 is 0 Å². The summed E-state index contributed by atoms with van der Waals surface area (Å²) in [5.74, 6) is 0.196. The second kappa shape index (κ2) is 7.33. The minimum Gasteiger partial charge on any atom is -0.504 e. The van der Waals surface area contributed by atoms with E-state index in [1.54, 1.807) is 12.2 Å². The number of ketones is 2. The normalized spacial score (nSPS) is 45.0. The predicted molar refractivity (Wildman–Crippen MR) is 139 cm³/mol. The molecule has 5 aliphatic carbocycles. The molecule has 3 N–H and O–H groups in total. The maximum absolute atomic E-state index is 13.1. The van der Waals surface area contributed by atoms with Crippen molar-refractivity contribution in [1.82, 2.24) is 0 Å². The van der Waals surface area contributed by atoms with Gasteiger partial charge in [0, 0.05) is 16.4 Å². The highest BCUT2D eigenvalue weighted by atomic mass is 16.3. The zero-order chi connectivity index (χ0) is 25.6. The van der Waals surface area contributed by atoms with Crippen LogP contribution in [0.5, 0.6) is 0 Å². The molecule has 0 aromatic heterocycles. The summed E-state index contributed by atoms with van der Waals surface area (Å²) in [7, 11) is 0. The van der Waals surface area contributed by atoms with Gasteiger partial charge in [-0.2, -0.15) is 0 Å². The van der Waals surface area contributed by atoms with Crippen LogP contribution in [-0.2, 0) is 9.59 Å². The van der Waals surface area contributed by atoms with Crippen LogP contribution in [0.2, 0.25) is 0 Å². The number of nitrogens with two attached hydrogens (primary N) is 1. The summed E-state index contributed by atoms with van der Waals surface area (Å²) in [6, 6.07) is 0. The zero-order valence-electron chi connectivity index (χ0n) is 22.3. The number of rotatable bonds is 2. The first-order valence-corrected chi connectivity index (χ1v) is 13.3. The van der Waals surface area contributed by atoms with Crippen LogP contribution in [0.3, 0.4) is 0 Å². The monoisotopic (exact) mass is 475 g/mol. The first-order valence-electron chi connectivity index (χ1n) is 13.3. The number of hydrogen-bond donors (Lipinski definition) is 2. The molecule has 0 aromatic rings. The Hall–Kier alpha value is -2.36. The molecule has 5 aliphatic rings. The molecule has 0 spiro atoms. The lowest BCUT2D eigenvalue weighted by molar-refractivity contribution is -0.166. The van der Waals surface area contributed by atoms with E-state index in [1.165, 1.54) is 11.8 Å². The van der Waals surface area contributed by atoms with E-state index in [0.717, 1.165) is 56.1 Å². The Balaban J connectivity index is 1.62. The SMILES string of the molecule is CC1=C(O)C(=O)C=C2C1=CC=C1[C@@]2(C)CC[C@@]2(C)[C@@H]3C[C@](C)(C(=O)/C=C/N)CC[C@]3(C)CC[C@]12C. The van der Waals surface area contributed by atoms with Crippen LogP contribution < -0.4 is 5.73 Å². The Kier molecular flexibility index (Phi) is 5.10. The summed E-state index contributed by atoms with van der Waals surface area (Å²) in [6.07, 6.45) is 16.3. The van der Waals surface area contributed by atoms with Gasteiger partial charge in [-0.3, -0.25) is 9.59 Å². The van der Waals surface area contributed by atoms with Crippen LogP contribution in [0.1, 0.15) is 86.5 Å². The predicted octanol–water partition coefficient (Wildman–Crippen LogP) is 6.65. The maximum Gasteiger partial charge on any atom is 0.220 e. The number of carbonyl (C=O) groups is 2. The molecule has 6 atom stereocenters. The highest BCUT2D eigenvalue weighted by molar-refractivity contribution is 6.06. The van der Waals surface area contributed by atoms with Gasteiger partial charge in [-0.05, 0) is 104 Å². The summed E-state index contributed by atoms with van der Waals surface area (Å²) in [4.78, 5) is 25.8. The molecule has 0 amide bonds. The van der Waals surface area contributed by atoms with E-state index < -0.39 is 0 Å². The van der Waals surface area contributed by atoms with Gasteiger partial charge in [0.05, 0.1) is 0 Å². The zero-order valence-corrected chi connectivity index (χ0v) is 22.3. The largest absolute Gasteiger partial charge is 0.504 e. The Labute approximate surface area is 210 Å². The molecule has 0 radical (unpaired) electrons. The second-order valence-electron chi connectivity index (χ2n) is 13.3. The van der Waals surface area contributed by atoms with E-state index in [0.29, 0.717) is 11.5 Å². The summed E-state index contributed by atoms with van der Waals surface area (Å²) >= 11 is 0. The van der Waals surface area contributed by atoms with Crippen molar-refractivity contribution in [2.24, 2.45) is 38.7 Å². The molecule has 0 unspecified atom stereocenters. The molecular weight excluding hydrogens is 434 g/mol. The van der Waals surface area contributed by atoms with Gasteiger partial charge in [-0.15, -0.1) is 0 Å². The summed E-state index contributed by atoms with van der Waals surface area (Å²) < 4.78 is 0. The smallest absolute Gasteiger partial charge is 0.220 e. The number of carbonyl (C=O) groups excluding carboxylic acids is 2. The average molecular weight is 476 g/mol. The number of aliphatic hydroxyl groups excluding tert-OH is 1. The third-order valence-corrected chi connectivity index (χ3v) is 11.7. The van der Waals surface area contributed by atoms with Gasteiger partial charge in [0.1, 0.15) is 0 Å². The molecule has 0 aromatic carbocycles. The minimum atomic E-state index is -0.367. The van der Waals surface area contributed by atoms with Crippen LogP contribution in [0.15, 0.2) is 58.6 Å². The topological polar surface area (TPSA) is 80.4 Å². The average Bonchev–Trinajstić information content (AvgIpc) is 2.81. The summed E-state index contributed by atoms with van der Waals surface area (Å²) in [6.45, 7) is 13.7. The van der Waals surface area contributed by atoms with Gasteiger partial charge in [0.15, 0.2) is 11.5 Å². The van der Waals surface area contributed by atoms with E-state index in [1.807, 2.05) is 6.92 Å². The highest BCUT2D eigenvalue weighted by Gasteiger charge is 2.67. The standard InChI is InChI=1S/C31H41NO3/c1-19-20-7-8-23-29(4,21(20)17-22(33)26(19)35)13-15-31(6)24-18-28(3,25(34)9-16-32)11-10-27(24,2)12-14-30(23,31)5/h7-9,16-17,24,35H,10-15,18,32H2,1-6H3/b16-9+/t24-,27-,28-,29+,30-,31+/m1/s1. The molecular formula is C31H41NO3. The first kappa shape index (κ1) is 24.3. The molecule has 5 rings (SSSR count). The van der Waals surface area contributed by atoms with Crippen molar-refractivity contribution in [1.29, 1.82) is 0 Å². The van der Waals surface area contributed by atoms with Crippen LogP contribution >= 0.6 is 0 Å². The van der Waals surface area contributed by atoms with Gasteiger partial charge in [-0.25, -0.2) is 0 Å². The van der Waals surface area contributed by atoms with E-state index in [9.17, 15) is 14.7 Å². The van der Waals surface area contributed by atoms with Crippen molar-refractivity contribution in [3.05, 3.63) is 58.6 Å². The van der Waals surface area contributed by atoms with E-state index in [2.05, 4.69) is 46.8 Å². The Morgan fingerprint density at radius 1 is 1.03 bits per heavy atom. The van der Waals surface area contributed by atoms with Gasteiger partial charge in [-0.1, -0.05) is 52.3 Å². The molecule has 3 saturated carbocycles.